The number of benzene rings is 1. The van der Waals surface area contributed by atoms with Crippen LogP contribution in [0.5, 0.6) is 0 Å². The van der Waals surface area contributed by atoms with Gasteiger partial charge in [0.25, 0.3) is 0 Å². The number of rotatable bonds is 2. The summed E-state index contributed by atoms with van der Waals surface area (Å²) in [6, 6.07) is 11.0. The van der Waals surface area contributed by atoms with Crippen LogP contribution in [0.4, 0.5) is 5.69 Å². The van der Waals surface area contributed by atoms with E-state index in [0.717, 1.165) is 11.4 Å². The van der Waals surface area contributed by atoms with Crippen molar-refractivity contribution >= 4 is 5.69 Å². The molecule has 2 aromatic rings. The minimum absolute atomic E-state index is 0. The third kappa shape index (κ3) is 2.48. The van der Waals surface area contributed by atoms with Gasteiger partial charge in [-0.05, 0) is 31.5 Å². The van der Waals surface area contributed by atoms with E-state index in [1.807, 2.05) is 54.1 Å². The third-order valence-electron chi connectivity index (χ3n) is 2.03. The normalized spacial score (nSPS) is 9.47. The molecule has 1 aromatic heterocycles. The van der Waals surface area contributed by atoms with Gasteiger partial charge in [0.2, 0.25) is 0 Å². The van der Waals surface area contributed by atoms with Crippen molar-refractivity contribution in [1.82, 2.24) is 9.78 Å². The molecule has 0 saturated carbocycles. The van der Waals surface area contributed by atoms with Crippen LogP contribution in [-0.4, -0.2) is 23.9 Å². The smallest absolute Gasteiger partial charge is 0.0493 e. The first-order chi connectivity index (χ1) is 6.79. The van der Waals surface area contributed by atoms with Gasteiger partial charge in [0.05, 0.1) is 0 Å². The topological polar surface area (TPSA) is 21.1 Å². The van der Waals surface area contributed by atoms with Crippen molar-refractivity contribution in [2.45, 2.75) is 0 Å². The second-order valence-corrected chi connectivity index (χ2v) is 3.25. The van der Waals surface area contributed by atoms with Crippen molar-refractivity contribution in [1.29, 1.82) is 0 Å². The minimum Gasteiger partial charge on any atom is -0.427 e. The molecule has 0 aliphatic heterocycles. The second-order valence-electron chi connectivity index (χ2n) is 3.25. The average molecular weight is 381 g/mol. The van der Waals surface area contributed by atoms with Crippen LogP contribution in [0.2, 0.25) is 0 Å². The summed E-state index contributed by atoms with van der Waals surface area (Å²) in [6.07, 6.45) is 3.68. The molecular weight excluding hydrogens is 369 g/mol. The van der Waals surface area contributed by atoms with Gasteiger partial charge in [0.15, 0.2) is 0 Å². The van der Waals surface area contributed by atoms with E-state index in [0.29, 0.717) is 0 Å². The van der Waals surface area contributed by atoms with Crippen LogP contribution in [0.15, 0.2) is 36.7 Å². The molecule has 0 fully saturated rings. The third-order valence-corrected chi connectivity index (χ3v) is 2.03. The maximum Gasteiger partial charge on any atom is 0.0493 e. The first-order valence-corrected chi connectivity index (χ1v) is 4.47. The molecule has 0 atom stereocenters. The minimum atomic E-state index is 0. The van der Waals surface area contributed by atoms with Gasteiger partial charge in [0, 0.05) is 33.5 Å². The SMILES string of the molecule is CN(C)c1ccc[c-]c1-n1cccn1.[Pt]. The molecule has 0 spiro atoms. The standard InChI is InChI=1S/C11H12N3.Pt/c1-13(2)10-6-3-4-7-11(10)14-9-5-8-12-14;/h3-6,8-9H,1-2H3;/q-1;. The maximum absolute atomic E-state index is 4.19. The fraction of sp³-hybridized carbons (Fsp3) is 0.182. The molecule has 0 aliphatic carbocycles. The van der Waals surface area contributed by atoms with Crippen LogP contribution in [0.3, 0.4) is 0 Å². The van der Waals surface area contributed by atoms with Crippen molar-refractivity contribution in [3.8, 4) is 5.69 Å². The predicted molar refractivity (Wildman–Crippen MR) is 56.7 cm³/mol. The Kier molecular flexibility index (Phi) is 4.10. The molecule has 82 valence electrons. The summed E-state index contributed by atoms with van der Waals surface area (Å²) < 4.78 is 1.81. The molecule has 2 rings (SSSR count). The number of para-hydroxylation sites is 1. The molecule has 1 heterocycles. The van der Waals surface area contributed by atoms with Gasteiger partial charge in [-0.3, -0.25) is 4.68 Å². The largest absolute Gasteiger partial charge is 0.427 e. The second kappa shape index (κ2) is 5.13. The fourth-order valence-electron chi connectivity index (χ4n) is 1.36. The van der Waals surface area contributed by atoms with E-state index in [2.05, 4.69) is 11.2 Å². The van der Waals surface area contributed by atoms with Gasteiger partial charge in [-0.2, -0.15) is 23.3 Å². The van der Waals surface area contributed by atoms with E-state index >= 15 is 0 Å². The summed E-state index contributed by atoms with van der Waals surface area (Å²) in [6.45, 7) is 0. The zero-order valence-electron chi connectivity index (χ0n) is 8.62. The summed E-state index contributed by atoms with van der Waals surface area (Å²) in [4.78, 5) is 2.05. The van der Waals surface area contributed by atoms with Crippen LogP contribution >= 0.6 is 0 Å². The van der Waals surface area contributed by atoms with Crippen LogP contribution in [-0.2, 0) is 21.1 Å². The van der Waals surface area contributed by atoms with E-state index < -0.39 is 0 Å². The van der Waals surface area contributed by atoms with Gasteiger partial charge in [-0.25, -0.2) is 0 Å². The van der Waals surface area contributed by atoms with E-state index in [9.17, 15) is 0 Å². The summed E-state index contributed by atoms with van der Waals surface area (Å²) in [5.41, 5.74) is 2.08. The van der Waals surface area contributed by atoms with E-state index in [-0.39, 0.29) is 21.1 Å². The van der Waals surface area contributed by atoms with E-state index in [4.69, 9.17) is 0 Å². The Hall–Kier alpha value is -1.08. The Morgan fingerprint density at radius 3 is 2.73 bits per heavy atom. The molecule has 0 aliphatic rings. The van der Waals surface area contributed by atoms with Gasteiger partial charge in [-0.15, -0.1) is 6.07 Å². The Labute approximate surface area is 104 Å². The molecule has 0 unspecified atom stereocenters. The van der Waals surface area contributed by atoms with Crippen molar-refractivity contribution in [2.75, 3.05) is 19.0 Å². The Balaban J connectivity index is 0.00000112. The first kappa shape index (κ1) is 12.0. The first-order valence-electron chi connectivity index (χ1n) is 4.47. The average Bonchev–Trinajstić information content (AvgIpc) is 2.70. The van der Waals surface area contributed by atoms with Crippen LogP contribution in [0, 0.1) is 6.07 Å². The molecular formula is C11H12N3Pt-. The molecule has 4 heteroatoms. The molecule has 0 amide bonds. The Morgan fingerprint density at radius 1 is 1.33 bits per heavy atom. The van der Waals surface area contributed by atoms with Gasteiger partial charge in [0.1, 0.15) is 0 Å². The number of anilines is 1. The summed E-state index contributed by atoms with van der Waals surface area (Å²) >= 11 is 0. The van der Waals surface area contributed by atoms with E-state index in [1.165, 1.54) is 0 Å². The number of hydrogen-bond donors (Lipinski definition) is 0. The number of hydrogen-bond acceptors (Lipinski definition) is 2. The maximum atomic E-state index is 4.19. The van der Waals surface area contributed by atoms with Crippen molar-refractivity contribution in [3.63, 3.8) is 0 Å². The quantitative estimate of drug-likeness (QED) is 0.739. The molecule has 0 saturated heterocycles. The van der Waals surface area contributed by atoms with Crippen molar-refractivity contribution in [3.05, 3.63) is 42.7 Å². The molecule has 15 heavy (non-hydrogen) atoms. The predicted octanol–water partition coefficient (Wildman–Crippen LogP) is 1.74. The Morgan fingerprint density at radius 2 is 2.13 bits per heavy atom. The number of nitrogens with zero attached hydrogens (tertiary/aromatic N) is 3. The molecule has 1 aromatic carbocycles. The van der Waals surface area contributed by atoms with Crippen molar-refractivity contribution in [2.24, 2.45) is 0 Å². The van der Waals surface area contributed by atoms with Gasteiger partial charge >= 0.3 is 0 Å². The van der Waals surface area contributed by atoms with Crippen LogP contribution in [0.25, 0.3) is 5.69 Å². The fourth-order valence-corrected chi connectivity index (χ4v) is 1.36. The number of aromatic nitrogens is 2. The van der Waals surface area contributed by atoms with Gasteiger partial charge < -0.3 is 4.90 Å². The van der Waals surface area contributed by atoms with Gasteiger partial charge in [-0.1, -0.05) is 0 Å². The monoisotopic (exact) mass is 381 g/mol. The Bertz CT molecular complexity index is 410. The molecule has 0 radical (unpaired) electrons. The zero-order valence-corrected chi connectivity index (χ0v) is 10.9. The molecule has 0 N–H and O–H groups in total. The van der Waals surface area contributed by atoms with Crippen LogP contribution in [0.1, 0.15) is 0 Å². The molecule has 0 bridgehead atoms. The summed E-state index contributed by atoms with van der Waals surface area (Å²) in [7, 11) is 4.02. The van der Waals surface area contributed by atoms with E-state index in [1.54, 1.807) is 6.20 Å². The zero-order chi connectivity index (χ0) is 9.97. The summed E-state index contributed by atoms with van der Waals surface area (Å²) in [5.74, 6) is 0. The molecule has 3 nitrogen and oxygen atoms in total. The van der Waals surface area contributed by atoms with Crippen molar-refractivity contribution < 1.29 is 21.1 Å². The summed E-state index contributed by atoms with van der Waals surface area (Å²) in [5, 5.41) is 4.19. The van der Waals surface area contributed by atoms with Crippen LogP contribution < -0.4 is 4.90 Å².